The van der Waals surface area contributed by atoms with Crippen molar-refractivity contribution in [2.24, 2.45) is 17.3 Å². The number of carbonyl (C=O) groups excluding carboxylic acids is 2. The SMILES string of the molecule is CC(C)C12CC1C(=O)OC2=O. The predicted octanol–water partition coefficient (Wildman–Crippen LogP) is 0.732. The lowest BCUT2D eigenvalue weighted by atomic mass is 9.91. The van der Waals surface area contributed by atoms with E-state index in [1.54, 1.807) is 0 Å². The number of carbonyl (C=O) groups is 2. The van der Waals surface area contributed by atoms with Crippen LogP contribution in [0.15, 0.2) is 0 Å². The van der Waals surface area contributed by atoms with E-state index in [-0.39, 0.29) is 23.8 Å². The molecule has 1 aliphatic heterocycles. The Morgan fingerprint density at radius 1 is 1.55 bits per heavy atom. The third kappa shape index (κ3) is 0.588. The Morgan fingerprint density at radius 3 is 2.36 bits per heavy atom. The molecule has 1 saturated heterocycles. The highest BCUT2D eigenvalue weighted by Gasteiger charge is 2.72. The van der Waals surface area contributed by atoms with E-state index < -0.39 is 5.41 Å². The minimum atomic E-state index is -0.420. The summed E-state index contributed by atoms with van der Waals surface area (Å²) in [6, 6.07) is 0. The van der Waals surface area contributed by atoms with E-state index in [4.69, 9.17) is 0 Å². The second-order valence-corrected chi connectivity index (χ2v) is 3.66. The van der Waals surface area contributed by atoms with Crippen LogP contribution >= 0.6 is 0 Å². The highest BCUT2D eigenvalue weighted by Crippen LogP contribution is 2.62. The maximum Gasteiger partial charge on any atom is 0.320 e. The summed E-state index contributed by atoms with van der Waals surface area (Å²) in [6.07, 6.45) is 0.711. The van der Waals surface area contributed by atoms with Crippen LogP contribution in [0.3, 0.4) is 0 Å². The summed E-state index contributed by atoms with van der Waals surface area (Å²) in [7, 11) is 0. The van der Waals surface area contributed by atoms with Crippen LogP contribution in [0.1, 0.15) is 20.3 Å². The molecule has 1 aliphatic carbocycles. The normalized spacial score (nSPS) is 40.8. The van der Waals surface area contributed by atoms with Gasteiger partial charge in [0, 0.05) is 0 Å². The summed E-state index contributed by atoms with van der Waals surface area (Å²) < 4.78 is 4.51. The molecule has 2 aliphatic rings. The first-order valence-corrected chi connectivity index (χ1v) is 3.85. The summed E-state index contributed by atoms with van der Waals surface area (Å²) >= 11 is 0. The van der Waals surface area contributed by atoms with Crippen molar-refractivity contribution in [1.29, 1.82) is 0 Å². The molecule has 0 aromatic rings. The van der Waals surface area contributed by atoms with Gasteiger partial charge in [-0.3, -0.25) is 9.59 Å². The molecule has 60 valence electrons. The van der Waals surface area contributed by atoms with E-state index >= 15 is 0 Å². The Hall–Kier alpha value is -0.860. The van der Waals surface area contributed by atoms with Crippen LogP contribution in [-0.2, 0) is 14.3 Å². The lowest BCUT2D eigenvalue weighted by Crippen LogP contribution is -2.20. The Morgan fingerprint density at radius 2 is 2.18 bits per heavy atom. The standard InChI is InChI=1S/C8H10O3/c1-4(2)8-3-5(8)6(9)11-7(8)10/h4-5H,3H2,1-2H3. The van der Waals surface area contributed by atoms with E-state index in [1.165, 1.54) is 0 Å². The van der Waals surface area contributed by atoms with Crippen molar-refractivity contribution in [2.45, 2.75) is 20.3 Å². The average Bonchev–Trinajstić information content (AvgIpc) is 2.56. The molecule has 11 heavy (non-hydrogen) atoms. The second kappa shape index (κ2) is 1.65. The van der Waals surface area contributed by atoms with Gasteiger partial charge in [-0.25, -0.2) is 0 Å². The van der Waals surface area contributed by atoms with E-state index in [9.17, 15) is 9.59 Å². The van der Waals surface area contributed by atoms with Crippen molar-refractivity contribution < 1.29 is 14.3 Å². The van der Waals surface area contributed by atoms with Gasteiger partial charge in [-0.2, -0.15) is 0 Å². The van der Waals surface area contributed by atoms with Crippen LogP contribution in [0.2, 0.25) is 0 Å². The first-order chi connectivity index (χ1) is 5.09. The molecule has 3 nitrogen and oxygen atoms in total. The monoisotopic (exact) mass is 154 g/mol. The van der Waals surface area contributed by atoms with E-state index in [0.717, 1.165) is 0 Å². The van der Waals surface area contributed by atoms with E-state index in [2.05, 4.69) is 4.74 Å². The first kappa shape index (κ1) is 6.83. The van der Waals surface area contributed by atoms with Gasteiger partial charge in [0.2, 0.25) is 0 Å². The third-order valence-corrected chi connectivity index (χ3v) is 2.89. The fourth-order valence-corrected chi connectivity index (χ4v) is 1.93. The largest absolute Gasteiger partial charge is 0.392 e. The van der Waals surface area contributed by atoms with E-state index in [1.807, 2.05) is 13.8 Å². The van der Waals surface area contributed by atoms with Crippen molar-refractivity contribution in [3.63, 3.8) is 0 Å². The summed E-state index contributed by atoms with van der Waals surface area (Å²) in [4.78, 5) is 22.0. The van der Waals surface area contributed by atoms with Gasteiger partial charge in [-0.05, 0) is 12.3 Å². The second-order valence-electron chi connectivity index (χ2n) is 3.66. The summed E-state index contributed by atoms with van der Waals surface area (Å²) in [6.45, 7) is 3.92. The Bertz CT molecular complexity index is 244. The van der Waals surface area contributed by atoms with Crippen LogP contribution < -0.4 is 0 Å². The highest BCUT2D eigenvalue weighted by atomic mass is 16.6. The van der Waals surface area contributed by atoms with Crippen LogP contribution in [0, 0.1) is 17.3 Å². The molecule has 1 saturated carbocycles. The van der Waals surface area contributed by atoms with Crippen molar-refractivity contribution in [2.75, 3.05) is 0 Å². The molecule has 2 unspecified atom stereocenters. The van der Waals surface area contributed by atoms with Crippen LogP contribution in [-0.4, -0.2) is 11.9 Å². The zero-order valence-electron chi connectivity index (χ0n) is 6.59. The average molecular weight is 154 g/mol. The Balaban J connectivity index is 2.32. The van der Waals surface area contributed by atoms with Gasteiger partial charge in [0.1, 0.15) is 0 Å². The Kier molecular flexibility index (Phi) is 1.03. The molecule has 2 fully saturated rings. The zero-order chi connectivity index (χ0) is 8.22. The van der Waals surface area contributed by atoms with Crippen LogP contribution in [0.4, 0.5) is 0 Å². The summed E-state index contributed by atoms with van der Waals surface area (Å²) in [5.74, 6) is -0.507. The molecular weight excluding hydrogens is 144 g/mol. The lowest BCUT2D eigenvalue weighted by Gasteiger charge is -2.10. The minimum Gasteiger partial charge on any atom is -0.392 e. The fourth-order valence-electron chi connectivity index (χ4n) is 1.93. The number of hydrogen-bond donors (Lipinski definition) is 0. The van der Waals surface area contributed by atoms with Crippen molar-refractivity contribution in [3.8, 4) is 0 Å². The smallest absolute Gasteiger partial charge is 0.320 e. The number of fused-ring (bicyclic) bond motifs is 1. The minimum absolute atomic E-state index is 0.116. The number of esters is 2. The molecule has 0 aromatic carbocycles. The van der Waals surface area contributed by atoms with E-state index in [0.29, 0.717) is 6.42 Å². The lowest BCUT2D eigenvalue weighted by molar-refractivity contribution is -0.157. The summed E-state index contributed by atoms with van der Waals surface area (Å²) in [5, 5.41) is 0. The molecule has 2 rings (SSSR count). The van der Waals surface area contributed by atoms with Gasteiger partial charge in [0.15, 0.2) is 0 Å². The predicted molar refractivity (Wildman–Crippen MR) is 36.5 cm³/mol. The third-order valence-electron chi connectivity index (χ3n) is 2.89. The van der Waals surface area contributed by atoms with Crippen molar-refractivity contribution >= 4 is 11.9 Å². The summed E-state index contributed by atoms with van der Waals surface area (Å²) in [5.41, 5.74) is -0.420. The van der Waals surface area contributed by atoms with Crippen LogP contribution in [0.25, 0.3) is 0 Å². The highest BCUT2D eigenvalue weighted by molar-refractivity contribution is 6.04. The molecule has 0 spiro atoms. The van der Waals surface area contributed by atoms with Gasteiger partial charge < -0.3 is 4.74 Å². The van der Waals surface area contributed by atoms with Crippen molar-refractivity contribution in [3.05, 3.63) is 0 Å². The molecule has 3 heteroatoms. The van der Waals surface area contributed by atoms with Gasteiger partial charge in [0.25, 0.3) is 0 Å². The number of cyclic esters (lactones) is 2. The molecular formula is C8H10O3. The van der Waals surface area contributed by atoms with Gasteiger partial charge in [0.05, 0.1) is 11.3 Å². The fraction of sp³-hybridized carbons (Fsp3) is 0.750. The molecule has 0 amide bonds. The van der Waals surface area contributed by atoms with Gasteiger partial charge in [-0.15, -0.1) is 0 Å². The first-order valence-electron chi connectivity index (χ1n) is 3.85. The number of rotatable bonds is 1. The van der Waals surface area contributed by atoms with Gasteiger partial charge >= 0.3 is 11.9 Å². The molecule has 0 radical (unpaired) electrons. The molecule has 2 atom stereocenters. The number of ether oxygens (including phenoxy) is 1. The zero-order valence-corrected chi connectivity index (χ0v) is 6.59. The Labute approximate surface area is 64.7 Å². The quantitative estimate of drug-likeness (QED) is 0.413. The van der Waals surface area contributed by atoms with Crippen molar-refractivity contribution in [1.82, 2.24) is 0 Å². The molecule has 0 bridgehead atoms. The molecule has 0 N–H and O–H groups in total. The van der Waals surface area contributed by atoms with Gasteiger partial charge in [-0.1, -0.05) is 13.8 Å². The maximum absolute atomic E-state index is 11.1. The topological polar surface area (TPSA) is 43.4 Å². The molecule has 1 heterocycles. The number of hydrogen-bond acceptors (Lipinski definition) is 3. The van der Waals surface area contributed by atoms with Crippen LogP contribution in [0.5, 0.6) is 0 Å². The molecule has 0 aromatic heterocycles. The maximum atomic E-state index is 11.1.